The largest absolute Gasteiger partial charge is 0.394 e. The lowest BCUT2D eigenvalue weighted by Crippen LogP contribution is -2.54. The van der Waals surface area contributed by atoms with E-state index in [0.717, 1.165) is 111 Å². The van der Waals surface area contributed by atoms with Crippen molar-refractivity contribution in [3.63, 3.8) is 0 Å². The van der Waals surface area contributed by atoms with Gasteiger partial charge in [0.2, 0.25) is 0 Å². The molecule has 11 unspecified atom stereocenters. The fraction of sp³-hybridized carbons (Fsp3) is 0.968. The minimum atomic E-state index is -2.40. The van der Waals surface area contributed by atoms with Crippen LogP contribution in [0.3, 0.4) is 0 Å². The van der Waals surface area contributed by atoms with Crippen molar-refractivity contribution in [2.24, 2.45) is 92.7 Å². The Morgan fingerprint density at radius 2 is 1.09 bits per heavy atom. The van der Waals surface area contributed by atoms with Gasteiger partial charge in [-0.2, -0.15) is 0 Å². The summed E-state index contributed by atoms with van der Waals surface area (Å²) in [6, 6.07) is 0. The molecule has 0 radical (unpaired) electrons. The molecule has 8 fully saturated rings. The zero-order valence-corrected chi connectivity index (χ0v) is 47.9. The van der Waals surface area contributed by atoms with Gasteiger partial charge in [-0.1, -0.05) is 60.3 Å². The molecule has 0 bridgehead atoms. The Morgan fingerprint density at radius 1 is 0.580 bits per heavy atom. The highest BCUT2D eigenvalue weighted by molar-refractivity contribution is 6.64. The molecule has 19 atom stereocenters. The van der Waals surface area contributed by atoms with E-state index in [1.54, 1.807) is 0 Å². The second-order valence-corrected chi connectivity index (χ2v) is 31.1. The first-order valence-electron chi connectivity index (χ1n) is 30.1. The Bertz CT molecular complexity index is 1670. The topological polar surface area (TPSA) is 49.4 Å². The second-order valence-electron chi connectivity index (χ2n) is 27.7. The third-order valence-electron chi connectivity index (χ3n) is 24.0. The molecule has 0 spiro atoms. The van der Waals surface area contributed by atoms with Crippen molar-refractivity contribution >= 4 is 8.56 Å². The van der Waals surface area contributed by atoms with Crippen molar-refractivity contribution in [3.8, 4) is 12.3 Å². The van der Waals surface area contributed by atoms with Crippen LogP contribution >= 0.6 is 0 Å². The number of terminal acetylenes is 1. The Hall–Kier alpha value is -0.463. The normalized spacial score (nSPS) is 43.1. The molecule has 0 saturated heterocycles. The average molecular weight is 977 g/mol. The Kier molecular flexibility index (Phi) is 18.4. The van der Waals surface area contributed by atoms with E-state index < -0.39 is 8.56 Å². The molecule has 0 aromatic rings. The summed E-state index contributed by atoms with van der Waals surface area (Å²) in [6.45, 7) is 24.1. The van der Waals surface area contributed by atoms with Crippen molar-refractivity contribution in [2.45, 2.75) is 240 Å². The lowest BCUT2D eigenvalue weighted by Gasteiger charge is -2.61. The maximum absolute atomic E-state index is 7.07. The predicted octanol–water partition coefficient (Wildman–Crippen LogP) is 15.4. The first kappa shape index (κ1) is 54.8. The number of unbranched alkanes of at least 4 members (excludes halogenated alkanes) is 3. The maximum atomic E-state index is 7.07. The van der Waals surface area contributed by atoms with E-state index in [1.807, 2.05) is 14.2 Å². The van der Waals surface area contributed by atoms with E-state index in [2.05, 4.69) is 72.5 Å². The number of ether oxygens (including phenoxy) is 3. The Balaban J connectivity index is 0.846. The van der Waals surface area contributed by atoms with Gasteiger partial charge < -0.3 is 23.1 Å². The summed E-state index contributed by atoms with van der Waals surface area (Å²) < 4.78 is 32.6. The van der Waals surface area contributed by atoms with E-state index in [4.69, 9.17) is 29.5 Å². The summed E-state index contributed by atoms with van der Waals surface area (Å²) in [4.78, 5) is 2.24. The summed E-state index contributed by atoms with van der Waals surface area (Å²) in [7, 11) is 3.62. The first-order chi connectivity index (χ1) is 33.0. The van der Waals surface area contributed by atoms with Crippen molar-refractivity contribution in [1.29, 1.82) is 0 Å². The molecule has 8 saturated carbocycles. The van der Waals surface area contributed by atoms with Crippen LogP contribution in [0.2, 0.25) is 13.1 Å². The van der Waals surface area contributed by atoms with Gasteiger partial charge in [-0.05, 0) is 273 Å². The fourth-order valence-electron chi connectivity index (χ4n) is 20.2. The minimum Gasteiger partial charge on any atom is -0.394 e. The van der Waals surface area contributed by atoms with Gasteiger partial charge in [-0.15, -0.1) is 6.42 Å². The molecule has 8 rings (SSSR count). The standard InChI is InChI=1S/C62H109NO5Si/c1-13-38-63(8)39-16-14-15-17-41-67-69(11,12)68-58(29-20-45(3)53-26-28-55-51-24-22-47-43-49(65-10)31-35-60(47,5)57(51)33-37-62(53,55)7)66-40-18-19-44(2)52-25-27-54-50-23-21-46-42-48(64-9)30-34-59(46,4)56(50)32-36-61(52,54)6/h1,44-58H,14-43H2,2-12H3/t44-,45-,46?,47?,48-,49-,50?,51?,52?,53?,54?,55?,56?,57?,58?,59+,60+,61-,62-/m1/s1. The number of hydrogen-bond donors (Lipinski definition) is 0. The van der Waals surface area contributed by atoms with Crippen molar-refractivity contribution in [3.05, 3.63) is 0 Å². The number of methoxy groups -OCH3 is 2. The molecule has 0 aromatic heterocycles. The molecule has 0 aromatic carbocycles. The van der Waals surface area contributed by atoms with Gasteiger partial charge in [-0.3, -0.25) is 4.90 Å². The smallest absolute Gasteiger partial charge is 0.333 e. The summed E-state index contributed by atoms with van der Waals surface area (Å²) in [5, 5.41) is 0. The number of fused-ring (bicyclic) bond motifs is 10. The lowest BCUT2D eigenvalue weighted by atomic mass is 9.44. The van der Waals surface area contributed by atoms with E-state index in [1.165, 1.54) is 148 Å². The molecule has 0 amide bonds. The highest BCUT2D eigenvalue weighted by Crippen LogP contribution is 2.70. The van der Waals surface area contributed by atoms with E-state index in [9.17, 15) is 0 Å². The van der Waals surface area contributed by atoms with Gasteiger partial charge in [-0.25, -0.2) is 0 Å². The van der Waals surface area contributed by atoms with Gasteiger partial charge in [0.05, 0.1) is 18.8 Å². The van der Waals surface area contributed by atoms with Gasteiger partial charge >= 0.3 is 8.56 Å². The predicted molar refractivity (Wildman–Crippen MR) is 288 cm³/mol. The molecule has 8 aliphatic rings. The van der Waals surface area contributed by atoms with Crippen LogP contribution in [0.15, 0.2) is 0 Å². The van der Waals surface area contributed by atoms with Crippen molar-refractivity contribution in [2.75, 3.05) is 47.6 Å². The van der Waals surface area contributed by atoms with Gasteiger partial charge in [0.25, 0.3) is 0 Å². The van der Waals surface area contributed by atoms with Crippen LogP contribution in [0.1, 0.15) is 208 Å². The van der Waals surface area contributed by atoms with Gasteiger partial charge in [0.1, 0.15) is 6.29 Å². The summed E-state index contributed by atoms with van der Waals surface area (Å²) in [5.74, 6) is 13.2. The zero-order chi connectivity index (χ0) is 49.2. The lowest BCUT2D eigenvalue weighted by molar-refractivity contribution is -0.134. The Labute approximate surface area is 427 Å². The molecule has 8 aliphatic carbocycles. The van der Waals surface area contributed by atoms with E-state index in [-0.39, 0.29) is 6.29 Å². The molecular weight excluding hydrogens is 867 g/mol. The molecule has 0 N–H and O–H groups in total. The quantitative estimate of drug-likeness (QED) is 0.0440. The highest BCUT2D eigenvalue weighted by atomic mass is 28.4. The average Bonchev–Trinajstić information content (AvgIpc) is 3.88. The second kappa shape index (κ2) is 23.2. The van der Waals surface area contributed by atoms with E-state index in [0.29, 0.717) is 39.8 Å². The fourth-order valence-corrected chi connectivity index (χ4v) is 21.7. The van der Waals surface area contributed by atoms with Crippen molar-refractivity contribution < 1.29 is 23.1 Å². The summed E-state index contributed by atoms with van der Waals surface area (Å²) in [5.41, 5.74) is 2.06. The SMILES string of the molecule is C#CCN(C)CCCCCCO[Si](C)(C)OC(CC[C@@H](C)C1CCC2C3CCC4C[C@H](OC)CC[C@]4(C)C3CC[C@@]21C)OCCC[C@@H](C)C1CCC2C3CCC4C[C@H](OC)CC[C@]4(C)C3CC[C@@]21C. The van der Waals surface area contributed by atoms with Crippen LogP contribution < -0.4 is 0 Å². The monoisotopic (exact) mass is 976 g/mol. The van der Waals surface area contributed by atoms with Crippen LogP contribution in [0.5, 0.6) is 0 Å². The number of rotatable bonds is 23. The van der Waals surface area contributed by atoms with Crippen LogP contribution in [0.4, 0.5) is 0 Å². The molecule has 0 heterocycles. The molecule has 396 valence electrons. The highest BCUT2D eigenvalue weighted by Gasteiger charge is 2.62. The summed E-state index contributed by atoms with van der Waals surface area (Å²) >= 11 is 0. The molecule has 6 nitrogen and oxygen atoms in total. The van der Waals surface area contributed by atoms with Gasteiger partial charge in [0, 0.05) is 27.4 Å². The van der Waals surface area contributed by atoms with Gasteiger partial charge in [0.15, 0.2) is 0 Å². The molecular formula is C62H109NO5Si. The summed E-state index contributed by atoms with van der Waals surface area (Å²) in [6.07, 6.45) is 41.0. The van der Waals surface area contributed by atoms with Crippen LogP contribution in [0.25, 0.3) is 0 Å². The van der Waals surface area contributed by atoms with Crippen molar-refractivity contribution in [1.82, 2.24) is 4.90 Å². The minimum absolute atomic E-state index is 0.173. The molecule has 7 heteroatoms. The first-order valence-corrected chi connectivity index (χ1v) is 32.9. The number of hydrogen-bond acceptors (Lipinski definition) is 6. The third kappa shape index (κ3) is 11.5. The Morgan fingerprint density at radius 3 is 1.62 bits per heavy atom. The van der Waals surface area contributed by atoms with Crippen LogP contribution in [-0.2, 0) is 23.1 Å². The third-order valence-corrected chi connectivity index (χ3v) is 25.8. The molecule has 0 aliphatic heterocycles. The molecule has 69 heavy (non-hydrogen) atoms. The zero-order valence-electron chi connectivity index (χ0n) is 46.9. The van der Waals surface area contributed by atoms with E-state index >= 15 is 0 Å². The maximum Gasteiger partial charge on any atom is 0.333 e. The van der Waals surface area contributed by atoms with Crippen LogP contribution in [0, 0.1) is 105 Å². The number of nitrogens with zero attached hydrogens (tertiary/aromatic N) is 1. The van der Waals surface area contributed by atoms with Crippen LogP contribution in [-0.4, -0.2) is 79.5 Å².